The molecular weight excluding hydrogens is 389 g/mol. The predicted molar refractivity (Wildman–Crippen MR) is 98.8 cm³/mol. The number of halogens is 3. The van der Waals surface area contributed by atoms with E-state index < -0.39 is 29.6 Å². The van der Waals surface area contributed by atoms with Crippen molar-refractivity contribution in [1.82, 2.24) is 4.98 Å². The van der Waals surface area contributed by atoms with Crippen LogP contribution in [0.15, 0.2) is 42.6 Å². The van der Waals surface area contributed by atoms with Gasteiger partial charge in [-0.1, -0.05) is 6.92 Å². The molecule has 1 aliphatic carbocycles. The summed E-state index contributed by atoms with van der Waals surface area (Å²) in [6.07, 6.45) is -2.79. The summed E-state index contributed by atoms with van der Waals surface area (Å²) < 4.78 is 40.9. The zero-order valence-electron chi connectivity index (χ0n) is 15.5. The van der Waals surface area contributed by atoms with Crippen LogP contribution in [0.5, 0.6) is 5.75 Å². The number of alkyl halides is 3. The van der Waals surface area contributed by atoms with Crippen molar-refractivity contribution < 1.29 is 27.5 Å². The Morgan fingerprint density at radius 2 is 1.83 bits per heavy atom. The Balaban J connectivity index is 1.69. The number of amides is 3. The summed E-state index contributed by atoms with van der Waals surface area (Å²) in [7, 11) is 1.69. The van der Waals surface area contributed by atoms with Gasteiger partial charge in [0.05, 0.1) is 11.4 Å². The highest BCUT2D eigenvalue weighted by Gasteiger charge is 2.70. The molecule has 2 unspecified atom stereocenters. The minimum absolute atomic E-state index is 0.0528. The molecule has 3 amide bonds. The number of carbonyl (C=O) groups is 2. The number of benzene rings is 1. The van der Waals surface area contributed by atoms with Gasteiger partial charge >= 0.3 is 12.4 Å². The van der Waals surface area contributed by atoms with E-state index in [1.54, 1.807) is 19.2 Å². The molecule has 1 saturated heterocycles. The molecule has 0 bridgehead atoms. The van der Waals surface area contributed by atoms with E-state index in [0.717, 1.165) is 17.0 Å². The Hall–Kier alpha value is -3.30. The first kappa shape index (κ1) is 19.0. The topological polar surface area (TPSA) is 74.8 Å². The third kappa shape index (κ3) is 3.04. The Morgan fingerprint density at radius 3 is 2.38 bits per heavy atom. The summed E-state index contributed by atoms with van der Waals surface area (Å²) in [4.78, 5) is 33.0. The molecule has 1 saturated carbocycles. The van der Waals surface area contributed by atoms with Gasteiger partial charge in [-0.25, -0.2) is 14.7 Å². The Kier molecular flexibility index (Phi) is 4.18. The van der Waals surface area contributed by atoms with Crippen LogP contribution in [0, 0.1) is 5.92 Å². The highest BCUT2D eigenvalue weighted by Crippen LogP contribution is 2.55. The van der Waals surface area contributed by atoms with Crippen molar-refractivity contribution in [3.63, 3.8) is 0 Å². The Morgan fingerprint density at radius 1 is 1.17 bits per heavy atom. The molecule has 1 N–H and O–H groups in total. The van der Waals surface area contributed by atoms with Crippen molar-refractivity contribution in [2.24, 2.45) is 5.92 Å². The summed E-state index contributed by atoms with van der Waals surface area (Å²) in [5, 5.41) is 2.89. The summed E-state index contributed by atoms with van der Waals surface area (Å²) in [6, 6.07) is 7.40. The van der Waals surface area contributed by atoms with Crippen LogP contribution in [0.1, 0.15) is 13.3 Å². The summed E-state index contributed by atoms with van der Waals surface area (Å²) in [5.41, 5.74) is -0.296. The number of anilines is 3. The Labute approximate surface area is 164 Å². The normalized spacial score (nSPS) is 23.7. The lowest BCUT2D eigenvalue weighted by Gasteiger charge is -2.22. The smallest absolute Gasteiger partial charge is 0.406 e. The first-order valence-electron chi connectivity index (χ1n) is 8.86. The van der Waals surface area contributed by atoms with E-state index in [-0.39, 0.29) is 11.6 Å². The number of rotatable bonds is 4. The third-order valence-electron chi connectivity index (χ3n) is 5.21. The molecule has 0 radical (unpaired) electrons. The number of nitrogens with zero attached hydrogens (tertiary/aromatic N) is 3. The van der Waals surface area contributed by atoms with Crippen molar-refractivity contribution in [3.8, 4) is 5.75 Å². The second-order valence-corrected chi connectivity index (χ2v) is 6.98. The van der Waals surface area contributed by atoms with E-state index in [1.807, 2.05) is 6.92 Å². The molecule has 2 aromatic rings. The van der Waals surface area contributed by atoms with Gasteiger partial charge in [-0.05, 0) is 42.7 Å². The standard InChI is InChI=1S/C19H17F3N4O3/c1-11-10-18(11)16(27)25(12-3-5-14(6-4-12)29-19(20,21)22)17(28)26(18)13-7-8-24-15(9-13)23-2/h3-9,11H,10H2,1-2H3,(H,23,24). The van der Waals surface area contributed by atoms with Crippen molar-refractivity contribution in [3.05, 3.63) is 42.6 Å². The van der Waals surface area contributed by atoms with Crippen molar-refractivity contribution in [1.29, 1.82) is 0 Å². The summed E-state index contributed by atoms with van der Waals surface area (Å²) in [6.45, 7) is 1.88. The fourth-order valence-corrected chi connectivity index (χ4v) is 3.73. The number of hydrogen-bond donors (Lipinski definition) is 1. The van der Waals surface area contributed by atoms with Crippen molar-refractivity contribution >= 4 is 29.1 Å². The van der Waals surface area contributed by atoms with Crippen LogP contribution >= 0.6 is 0 Å². The molecule has 1 aromatic heterocycles. The van der Waals surface area contributed by atoms with Crippen LogP contribution in [0.2, 0.25) is 0 Å². The highest BCUT2D eigenvalue weighted by molar-refractivity contribution is 6.31. The quantitative estimate of drug-likeness (QED) is 0.783. The fourth-order valence-electron chi connectivity index (χ4n) is 3.73. The maximum absolute atomic E-state index is 13.2. The molecule has 2 atom stereocenters. The van der Waals surface area contributed by atoms with E-state index in [4.69, 9.17) is 0 Å². The van der Waals surface area contributed by atoms with E-state index in [1.165, 1.54) is 23.2 Å². The number of hydrogen-bond acceptors (Lipinski definition) is 5. The summed E-state index contributed by atoms with van der Waals surface area (Å²) in [5.74, 6) is -0.344. The summed E-state index contributed by atoms with van der Waals surface area (Å²) >= 11 is 0. The average Bonchev–Trinajstić information content (AvgIpc) is 3.27. The lowest BCUT2D eigenvalue weighted by molar-refractivity contribution is -0.274. The minimum atomic E-state index is -4.82. The number of imide groups is 1. The molecule has 29 heavy (non-hydrogen) atoms. The third-order valence-corrected chi connectivity index (χ3v) is 5.21. The minimum Gasteiger partial charge on any atom is -0.406 e. The monoisotopic (exact) mass is 406 g/mol. The number of nitrogens with one attached hydrogen (secondary N) is 1. The second kappa shape index (κ2) is 6.36. The molecule has 152 valence electrons. The molecule has 4 rings (SSSR count). The van der Waals surface area contributed by atoms with E-state index >= 15 is 0 Å². The van der Waals surface area contributed by atoms with Crippen LogP contribution in [0.25, 0.3) is 0 Å². The van der Waals surface area contributed by atoms with Gasteiger partial charge in [0.25, 0.3) is 5.91 Å². The van der Waals surface area contributed by atoms with Gasteiger partial charge in [-0.15, -0.1) is 13.2 Å². The molecular formula is C19H17F3N4O3. The van der Waals surface area contributed by atoms with Gasteiger partial charge in [-0.3, -0.25) is 9.69 Å². The Bertz CT molecular complexity index is 979. The first-order valence-corrected chi connectivity index (χ1v) is 8.86. The van der Waals surface area contributed by atoms with Gasteiger partial charge < -0.3 is 10.1 Å². The van der Waals surface area contributed by atoms with Gasteiger partial charge in [0, 0.05) is 19.3 Å². The molecule has 2 aliphatic rings. The molecule has 2 fully saturated rings. The van der Waals surface area contributed by atoms with Crippen LogP contribution in [-0.2, 0) is 4.79 Å². The van der Waals surface area contributed by atoms with Gasteiger partial charge in [0.2, 0.25) is 0 Å². The lowest BCUT2D eigenvalue weighted by Crippen LogP contribution is -2.39. The largest absolute Gasteiger partial charge is 0.573 e. The van der Waals surface area contributed by atoms with Crippen LogP contribution in [-0.4, -0.2) is 35.9 Å². The van der Waals surface area contributed by atoms with Crippen LogP contribution < -0.4 is 19.9 Å². The number of pyridine rings is 1. The zero-order valence-corrected chi connectivity index (χ0v) is 15.5. The molecule has 10 heteroatoms. The fraction of sp³-hybridized carbons (Fsp3) is 0.316. The molecule has 1 spiro atoms. The van der Waals surface area contributed by atoms with E-state index in [0.29, 0.717) is 17.9 Å². The number of carbonyl (C=O) groups excluding carboxylic acids is 2. The maximum atomic E-state index is 13.2. The highest BCUT2D eigenvalue weighted by atomic mass is 19.4. The molecule has 1 aliphatic heterocycles. The molecule has 1 aromatic carbocycles. The number of urea groups is 1. The maximum Gasteiger partial charge on any atom is 0.573 e. The average molecular weight is 406 g/mol. The van der Waals surface area contributed by atoms with E-state index in [9.17, 15) is 22.8 Å². The number of ether oxygens (including phenoxy) is 1. The van der Waals surface area contributed by atoms with Gasteiger partial charge in [-0.2, -0.15) is 0 Å². The first-order chi connectivity index (χ1) is 13.7. The number of aromatic nitrogens is 1. The second-order valence-electron chi connectivity index (χ2n) is 6.98. The molecule has 7 nitrogen and oxygen atoms in total. The van der Waals surface area contributed by atoms with Crippen LogP contribution in [0.3, 0.4) is 0 Å². The predicted octanol–water partition coefficient (Wildman–Crippen LogP) is 3.77. The lowest BCUT2D eigenvalue weighted by atomic mass is 10.1. The SMILES string of the molecule is CNc1cc(N2C(=O)N(c3ccc(OC(F)(F)F)cc3)C(=O)C23CC3C)ccn1. The van der Waals surface area contributed by atoms with Gasteiger partial charge in [0.15, 0.2) is 0 Å². The van der Waals surface area contributed by atoms with Gasteiger partial charge in [0.1, 0.15) is 17.1 Å². The van der Waals surface area contributed by atoms with Crippen molar-refractivity contribution in [2.45, 2.75) is 25.2 Å². The van der Waals surface area contributed by atoms with Crippen LogP contribution in [0.4, 0.5) is 35.2 Å². The van der Waals surface area contributed by atoms with Crippen molar-refractivity contribution in [2.75, 3.05) is 22.2 Å². The molecule has 2 heterocycles. The van der Waals surface area contributed by atoms with E-state index in [2.05, 4.69) is 15.0 Å². The zero-order chi connectivity index (χ0) is 21.0.